The Morgan fingerprint density at radius 3 is 2.53 bits per heavy atom. The highest BCUT2D eigenvalue weighted by Crippen LogP contribution is 2.32. The van der Waals surface area contributed by atoms with Crippen molar-refractivity contribution >= 4 is 35.2 Å². The van der Waals surface area contributed by atoms with Crippen LogP contribution in [-0.4, -0.2) is 57.1 Å². The molecular weight excluding hydrogens is 428 g/mol. The van der Waals surface area contributed by atoms with Gasteiger partial charge in [-0.1, -0.05) is 31.0 Å². The van der Waals surface area contributed by atoms with Crippen LogP contribution in [0, 0.1) is 0 Å². The molecule has 1 aliphatic heterocycles. The number of amides is 3. The zero-order valence-corrected chi connectivity index (χ0v) is 19.2. The van der Waals surface area contributed by atoms with Gasteiger partial charge in [-0.15, -0.1) is 0 Å². The normalized spacial score (nSPS) is 19.4. The number of aryl methyl sites for hydroxylation is 1. The Morgan fingerprint density at radius 2 is 1.91 bits per heavy atom. The Balaban J connectivity index is 1.55. The van der Waals surface area contributed by atoms with Crippen molar-refractivity contribution in [1.29, 1.82) is 0 Å². The first-order valence-electron chi connectivity index (χ1n) is 10.9. The number of hydrogen-bond donors (Lipinski definition) is 0. The van der Waals surface area contributed by atoms with Crippen LogP contribution in [0.3, 0.4) is 0 Å². The Kier molecular flexibility index (Phi) is 6.83. The van der Waals surface area contributed by atoms with Crippen molar-refractivity contribution in [3.8, 4) is 5.75 Å². The SMILES string of the molecule is COc1ccc(N2C(=O)CC(N(C(=O)CSc3nccn3C)C3CCCCC3)C2=O)cc1. The lowest BCUT2D eigenvalue weighted by atomic mass is 9.92. The van der Waals surface area contributed by atoms with Crippen LogP contribution in [0.4, 0.5) is 5.69 Å². The summed E-state index contributed by atoms with van der Waals surface area (Å²) in [4.78, 5) is 46.8. The number of ether oxygens (including phenoxy) is 1. The molecule has 0 spiro atoms. The highest BCUT2D eigenvalue weighted by Gasteiger charge is 2.46. The molecule has 2 fully saturated rings. The number of carbonyl (C=O) groups is 3. The van der Waals surface area contributed by atoms with Crippen LogP contribution < -0.4 is 9.64 Å². The molecule has 8 nitrogen and oxygen atoms in total. The number of methoxy groups -OCH3 is 1. The monoisotopic (exact) mass is 456 g/mol. The third-order valence-corrected chi connectivity index (χ3v) is 7.19. The topological polar surface area (TPSA) is 84.7 Å². The average molecular weight is 457 g/mol. The third kappa shape index (κ3) is 4.53. The fraction of sp³-hybridized carbons (Fsp3) is 0.478. The Morgan fingerprint density at radius 1 is 1.19 bits per heavy atom. The van der Waals surface area contributed by atoms with Gasteiger partial charge in [-0.2, -0.15) is 0 Å². The van der Waals surface area contributed by atoms with E-state index in [1.54, 1.807) is 42.5 Å². The molecule has 9 heteroatoms. The van der Waals surface area contributed by atoms with E-state index in [9.17, 15) is 14.4 Å². The molecule has 170 valence electrons. The van der Waals surface area contributed by atoms with Crippen LogP contribution in [0.5, 0.6) is 5.75 Å². The van der Waals surface area contributed by atoms with Crippen molar-refractivity contribution in [3.63, 3.8) is 0 Å². The molecule has 1 aliphatic carbocycles. The molecule has 1 atom stereocenters. The van der Waals surface area contributed by atoms with E-state index in [1.807, 2.05) is 17.8 Å². The van der Waals surface area contributed by atoms with Gasteiger partial charge in [0.15, 0.2) is 5.16 Å². The van der Waals surface area contributed by atoms with Crippen LogP contribution in [0.15, 0.2) is 41.8 Å². The van der Waals surface area contributed by atoms with Gasteiger partial charge >= 0.3 is 0 Å². The summed E-state index contributed by atoms with van der Waals surface area (Å²) in [5, 5.41) is 0.746. The number of aromatic nitrogens is 2. The van der Waals surface area contributed by atoms with Gasteiger partial charge in [-0.3, -0.25) is 14.4 Å². The van der Waals surface area contributed by atoms with Gasteiger partial charge in [0, 0.05) is 25.5 Å². The highest BCUT2D eigenvalue weighted by atomic mass is 32.2. The average Bonchev–Trinajstić information content (AvgIpc) is 3.35. The summed E-state index contributed by atoms with van der Waals surface area (Å²) in [6, 6.07) is 6.05. The fourth-order valence-corrected chi connectivity index (χ4v) is 5.32. The molecule has 0 N–H and O–H groups in total. The van der Waals surface area contributed by atoms with Gasteiger partial charge in [0.1, 0.15) is 11.8 Å². The van der Waals surface area contributed by atoms with Gasteiger partial charge in [0.25, 0.3) is 5.91 Å². The van der Waals surface area contributed by atoms with Crippen molar-refractivity contribution in [2.45, 2.75) is 55.8 Å². The summed E-state index contributed by atoms with van der Waals surface area (Å²) in [5.74, 6) is 0.0981. The fourth-order valence-electron chi connectivity index (χ4n) is 4.52. The van der Waals surface area contributed by atoms with E-state index < -0.39 is 6.04 Å². The van der Waals surface area contributed by atoms with E-state index in [2.05, 4.69) is 4.98 Å². The quantitative estimate of drug-likeness (QED) is 0.470. The first-order chi connectivity index (χ1) is 15.5. The summed E-state index contributed by atoms with van der Waals surface area (Å²) in [7, 11) is 3.44. The van der Waals surface area contributed by atoms with Crippen LogP contribution in [-0.2, 0) is 21.4 Å². The predicted octanol–water partition coefficient (Wildman–Crippen LogP) is 3.01. The minimum Gasteiger partial charge on any atom is -0.497 e. The van der Waals surface area contributed by atoms with E-state index in [1.165, 1.54) is 16.7 Å². The minimum atomic E-state index is -0.762. The smallest absolute Gasteiger partial charge is 0.257 e. The molecule has 1 aromatic carbocycles. The van der Waals surface area contributed by atoms with Crippen molar-refractivity contribution < 1.29 is 19.1 Å². The molecule has 3 amide bonds. The van der Waals surface area contributed by atoms with Gasteiger partial charge in [0.2, 0.25) is 11.8 Å². The molecule has 1 unspecified atom stereocenters. The zero-order chi connectivity index (χ0) is 22.7. The molecule has 4 rings (SSSR count). The van der Waals surface area contributed by atoms with Crippen molar-refractivity contribution in [2.75, 3.05) is 17.8 Å². The highest BCUT2D eigenvalue weighted by molar-refractivity contribution is 7.99. The molecule has 0 radical (unpaired) electrons. The number of imidazole rings is 1. The van der Waals surface area contributed by atoms with Crippen molar-refractivity contribution in [2.24, 2.45) is 7.05 Å². The lowest BCUT2D eigenvalue weighted by Gasteiger charge is -2.37. The number of nitrogens with zero attached hydrogens (tertiary/aromatic N) is 4. The van der Waals surface area contributed by atoms with Gasteiger partial charge in [-0.25, -0.2) is 9.88 Å². The Hall–Kier alpha value is -2.81. The van der Waals surface area contributed by atoms with Gasteiger partial charge in [0.05, 0.1) is 25.0 Å². The minimum absolute atomic E-state index is 0.0141. The molecule has 0 bridgehead atoms. The lowest BCUT2D eigenvalue weighted by molar-refractivity contribution is -0.139. The maximum Gasteiger partial charge on any atom is 0.257 e. The number of thioether (sulfide) groups is 1. The summed E-state index contributed by atoms with van der Waals surface area (Å²) in [5.41, 5.74) is 0.502. The van der Waals surface area contributed by atoms with E-state index in [4.69, 9.17) is 4.74 Å². The Labute approximate surface area is 191 Å². The summed E-state index contributed by atoms with van der Waals surface area (Å²) < 4.78 is 7.03. The molecule has 32 heavy (non-hydrogen) atoms. The van der Waals surface area contributed by atoms with E-state index in [-0.39, 0.29) is 35.9 Å². The summed E-state index contributed by atoms with van der Waals surface area (Å²) in [6.45, 7) is 0. The molecule has 1 saturated heterocycles. The van der Waals surface area contributed by atoms with E-state index in [0.717, 1.165) is 37.3 Å². The largest absolute Gasteiger partial charge is 0.497 e. The molecule has 2 heterocycles. The van der Waals surface area contributed by atoms with Crippen LogP contribution in [0.25, 0.3) is 0 Å². The number of anilines is 1. The van der Waals surface area contributed by atoms with Crippen LogP contribution >= 0.6 is 11.8 Å². The van der Waals surface area contributed by atoms with Crippen LogP contribution in [0.1, 0.15) is 38.5 Å². The van der Waals surface area contributed by atoms with Gasteiger partial charge in [-0.05, 0) is 37.1 Å². The second kappa shape index (κ2) is 9.77. The second-order valence-corrected chi connectivity index (χ2v) is 9.13. The maximum absolute atomic E-state index is 13.4. The first-order valence-corrected chi connectivity index (χ1v) is 11.9. The zero-order valence-electron chi connectivity index (χ0n) is 18.4. The summed E-state index contributed by atoms with van der Waals surface area (Å²) in [6.07, 6.45) is 8.44. The number of rotatable bonds is 7. The lowest BCUT2D eigenvalue weighted by Crippen LogP contribution is -2.52. The maximum atomic E-state index is 13.4. The molecule has 2 aromatic rings. The summed E-state index contributed by atoms with van der Waals surface area (Å²) >= 11 is 1.35. The number of carbonyl (C=O) groups excluding carboxylic acids is 3. The molecule has 1 saturated carbocycles. The number of benzene rings is 1. The molecule has 2 aliphatic rings. The Bertz CT molecular complexity index is 984. The standard InChI is InChI=1S/C23H28N4O4S/c1-25-13-12-24-23(25)32-15-21(29)26(16-6-4-3-5-7-16)19-14-20(28)27(22(19)30)17-8-10-18(31-2)11-9-17/h8-13,16,19H,3-7,14-15H2,1-2H3. The number of hydrogen-bond acceptors (Lipinski definition) is 6. The molecule has 1 aromatic heterocycles. The van der Waals surface area contributed by atoms with Crippen LogP contribution in [0.2, 0.25) is 0 Å². The predicted molar refractivity (Wildman–Crippen MR) is 122 cm³/mol. The third-order valence-electron chi connectivity index (χ3n) is 6.15. The van der Waals surface area contributed by atoms with Crippen molar-refractivity contribution in [3.05, 3.63) is 36.7 Å². The van der Waals surface area contributed by atoms with E-state index in [0.29, 0.717) is 11.4 Å². The number of imide groups is 1. The van der Waals surface area contributed by atoms with Gasteiger partial charge < -0.3 is 14.2 Å². The first kappa shape index (κ1) is 22.4. The van der Waals surface area contributed by atoms with E-state index >= 15 is 0 Å². The van der Waals surface area contributed by atoms with Crippen molar-refractivity contribution in [1.82, 2.24) is 14.5 Å². The molecular formula is C23H28N4O4S. The second-order valence-electron chi connectivity index (χ2n) is 8.19.